The molecular formula is C99H78Cs2FN7O3. The molecule has 3 aromatic heterocycles. The third-order valence-corrected chi connectivity index (χ3v) is 19.7. The van der Waals surface area contributed by atoms with E-state index >= 15 is 4.39 Å². The van der Waals surface area contributed by atoms with Gasteiger partial charge in [0.15, 0.2) is 34.9 Å². The summed E-state index contributed by atoms with van der Waals surface area (Å²) in [5.41, 5.74) is 23.6. The van der Waals surface area contributed by atoms with Crippen LogP contribution in [0.25, 0.3) is 163 Å². The summed E-state index contributed by atoms with van der Waals surface area (Å²) in [5, 5.41) is 10.9. The Morgan fingerprint density at radius 3 is 0.866 bits per heavy atom. The van der Waals surface area contributed by atoms with Crippen molar-refractivity contribution < 1.29 is 159 Å². The van der Waals surface area contributed by atoms with Gasteiger partial charge < -0.3 is 16.1 Å². The number of hydrogen-bond acceptors (Lipinski definition) is 9. The maximum atomic E-state index is 15.8. The summed E-state index contributed by atoms with van der Waals surface area (Å²) in [6.07, 6.45) is 0. The first-order valence-electron chi connectivity index (χ1n) is 36.7. The summed E-state index contributed by atoms with van der Waals surface area (Å²) in [5.74, 6) is 2.71. The van der Waals surface area contributed by atoms with Crippen LogP contribution in [0.5, 0.6) is 0 Å². The first kappa shape index (κ1) is 80.4. The normalized spacial score (nSPS) is 11.1. The van der Waals surface area contributed by atoms with E-state index in [9.17, 15) is 0 Å². The minimum Gasteiger partial charge on any atom is -1.00 e. The topological polar surface area (TPSA) is 132 Å². The van der Waals surface area contributed by atoms with Crippen molar-refractivity contribution in [2.24, 2.45) is 0 Å². The molecule has 0 spiro atoms. The summed E-state index contributed by atoms with van der Waals surface area (Å²) in [6, 6.07) is 121. The number of carbonyl (C=O) groups excluding carboxylic acids is 1. The molecule has 0 amide bonds. The standard InChI is InChI=1S/C59H50N4.C39H26FN3.CH2O3.2Cs.H/c1-58(2,3)44-31-34-51-48(37-44)49-38-45(59(4,5)6)32-35-52(49)63(51)53-33-30-43(54-46(39-20-11-7-12-21-39)28-19-29-47(54)40-22-13-8-14-23-40)36-50(53)57-61-55(41-24-15-9-16-25-41)60-56(62-57)42-26-17-10-18-27-42;40-35-25-24-31(36-32(27-14-5-1-6-15-27)22-13-23-33(36)28-16-7-2-8-17-28)26-34(35)39-42-37(29-18-9-3-10-19-29)41-38(43-39)30-20-11-4-12-21-30;2-1-4-3;;;/h7-38H,1-6H3;1-26H;1,3H;;;/q;;;2*+1;-1/p-1. The van der Waals surface area contributed by atoms with E-state index in [1.165, 1.54) is 28.0 Å². The molecule has 17 rings (SSSR count). The van der Waals surface area contributed by atoms with Crippen molar-refractivity contribution in [1.82, 2.24) is 34.5 Å². The second kappa shape index (κ2) is 36.5. The van der Waals surface area contributed by atoms with E-state index in [4.69, 9.17) is 40.0 Å². The Kier molecular flexibility index (Phi) is 26.2. The molecule has 0 fully saturated rings. The van der Waals surface area contributed by atoms with Gasteiger partial charge in [-0.3, -0.25) is 4.79 Å². The van der Waals surface area contributed by atoms with E-state index in [2.05, 4.69) is 251 Å². The Morgan fingerprint density at radius 1 is 0.304 bits per heavy atom. The zero-order valence-corrected chi connectivity index (χ0v) is 76.4. The number of fused-ring (bicyclic) bond motifs is 3. The van der Waals surface area contributed by atoms with E-state index in [0.717, 1.165) is 111 Å². The van der Waals surface area contributed by atoms with Gasteiger partial charge in [0.25, 0.3) is 6.47 Å². The van der Waals surface area contributed by atoms with Crippen molar-refractivity contribution in [3.05, 3.63) is 369 Å². The fourth-order valence-corrected chi connectivity index (χ4v) is 14.2. The quantitative estimate of drug-likeness (QED) is 0.0593. The molecule has 10 nitrogen and oxygen atoms in total. The molecule has 112 heavy (non-hydrogen) atoms. The zero-order valence-electron chi connectivity index (χ0n) is 64.8. The van der Waals surface area contributed by atoms with Crippen LogP contribution in [0, 0.1) is 5.82 Å². The molecule has 0 aliphatic heterocycles. The third kappa shape index (κ3) is 17.9. The molecule has 0 atom stereocenters. The van der Waals surface area contributed by atoms with Crippen LogP contribution in [-0.4, -0.2) is 40.9 Å². The van der Waals surface area contributed by atoms with Gasteiger partial charge in [0, 0.05) is 38.6 Å². The molecule has 3 heterocycles. The molecule has 0 aliphatic rings. The van der Waals surface area contributed by atoms with Crippen molar-refractivity contribution in [2.75, 3.05) is 0 Å². The smallest absolute Gasteiger partial charge is 1.00 e. The van der Waals surface area contributed by atoms with Crippen LogP contribution >= 0.6 is 0 Å². The summed E-state index contributed by atoms with van der Waals surface area (Å²) in [4.78, 5) is 41.5. The van der Waals surface area contributed by atoms with Crippen molar-refractivity contribution in [2.45, 2.75) is 52.4 Å². The molecule has 536 valence electrons. The Morgan fingerprint density at radius 2 is 0.571 bits per heavy atom. The van der Waals surface area contributed by atoms with Crippen LogP contribution in [-0.2, 0) is 20.5 Å². The van der Waals surface area contributed by atoms with Gasteiger partial charge in [-0.25, -0.2) is 34.3 Å². The van der Waals surface area contributed by atoms with Crippen LogP contribution in [0.3, 0.4) is 0 Å². The van der Waals surface area contributed by atoms with Gasteiger partial charge in [-0.05, 0) is 137 Å². The van der Waals surface area contributed by atoms with Crippen LogP contribution in [0.2, 0.25) is 0 Å². The molecule has 0 saturated heterocycles. The summed E-state index contributed by atoms with van der Waals surface area (Å²) in [6.45, 7) is 13.6. The molecule has 14 aromatic carbocycles. The first-order valence-corrected chi connectivity index (χ1v) is 36.7. The van der Waals surface area contributed by atoms with Gasteiger partial charge in [0.05, 0.1) is 22.3 Å². The zero-order chi connectivity index (χ0) is 75.7. The Bertz CT molecular complexity index is 5820. The van der Waals surface area contributed by atoms with Crippen LogP contribution in [0.15, 0.2) is 352 Å². The fraction of sp³-hybridized carbons (Fsp3) is 0.0808. The molecule has 0 aliphatic carbocycles. The largest absolute Gasteiger partial charge is 1.00 e. The SMILES string of the molecule is CC(C)(C)c1ccc2c(c1)c1cc(C(C)(C)C)ccc1n2-c1ccc(-c2c(-c3ccccc3)cccc2-c2ccccc2)cc1-c1nc(-c2ccccc2)nc(-c2ccccc2)n1.Fc1ccc(-c2c(-c3ccccc3)cccc2-c2ccccc2)cc1-c1nc(-c2ccccc2)nc(-c2ccccc2)n1.O=CO[O-].[Cs+].[Cs+].[H-]. The number of hydrogen-bond donors (Lipinski definition) is 0. The maximum Gasteiger partial charge on any atom is 1.00 e. The molecular weight excluding hydrogens is 1620 g/mol. The number of rotatable bonds is 14. The molecule has 17 aromatic rings. The second-order valence-electron chi connectivity index (χ2n) is 28.9. The Labute approximate surface area is 772 Å². The van der Waals surface area contributed by atoms with Gasteiger partial charge in [-0.2, -0.15) is 0 Å². The van der Waals surface area contributed by atoms with Crippen LogP contribution < -0.4 is 143 Å². The molecule has 13 heteroatoms. The monoisotopic (exact) mass is 1700 g/mol. The van der Waals surface area contributed by atoms with Crippen molar-refractivity contribution in [3.8, 4) is 141 Å². The van der Waals surface area contributed by atoms with E-state index in [0.29, 0.717) is 34.7 Å². The first-order chi connectivity index (χ1) is 53.7. The van der Waals surface area contributed by atoms with Gasteiger partial charge in [0.2, 0.25) is 0 Å². The maximum absolute atomic E-state index is 15.8. The van der Waals surface area contributed by atoms with Crippen LogP contribution in [0.1, 0.15) is 54.1 Å². The Hall–Kier alpha value is -9.64. The van der Waals surface area contributed by atoms with Gasteiger partial charge >= 0.3 is 138 Å². The second-order valence-corrected chi connectivity index (χ2v) is 28.9. The van der Waals surface area contributed by atoms with Gasteiger partial charge in [-0.1, -0.05) is 345 Å². The predicted octanol–water partition coefficient (Wildman–Crippen LogP) is 18.1. The van der Waals surface area contributed by atoms with Crippen molar-refractivity contribution in [3.63, 3.8) is 0 Å². The summed E-state index contributed by atoms with van der Waals surface area (Å²) >= 11 is 0. The minimum atomic E-state index is -0.397. The average molecular weight is 1700 g/mol. The molecule has 0 bridgehead atoms. The molecule has 0 unspecified atom stereocenters. The van der Waals surface area contributed by atoms with E-state index in [1.807, 2.05) is 146 Å². The summed E-state index contributed by atoms with van der Waals surface area (Å²) in [7, 11) is 0. The van der Waals surface area contributed by atoms with Gasteiger partial charge in [0.1, 0.15) is 5.82 Å². The third-order valence-electron chi connectivity index (χ3n) is 19.7. The molecule has 0 saturated carbocycles. The van der Waals surface area contributed by atoms with Crippen LogP contribution in [0.4, 0.5) is 4.39 Å². The van der Waals surface area contributed by atoms with E-state index < -0.39 is 5.82 Å². The van der Waals surface area contributed by atoms with E-state index in [-0.39, 0.29) is 162 Å². The Balaban J connectivity index is 0.000000207. The summed E-state index contributed by atoms with van der Waals surface area (Å²) < 4.78 is 18.2. The van der Waals surface area contributed by atoms with Crippen molar-refractivity contribution in [1.29, 1.82) is 0 Å². The minimum absolute atomic E-state index is 0. The molecule has 0 radical (unpaired) electrons. The van der Waals surface area contributed by atoms with E-state index in [1.54, 1.807) is 0 Å². The average Bonchev–Trinajstić information content (AvgIpc) is 1.58. The number of aromatic nitrogens is 7. The predicted molar refractivity (Wildman–Crippen MR) is 445 cm³/mol. The number of benzene rings is 14. The van der Waals surface area contributed by atoms with Crippen molar-refractivity contribution >= 4 is 28.3 Å². The van der Waals surface area contributed by atoms with Gasteiger partial charge in [-0.15, -0.1) is 0 Å². The molecule has 0 N–H and O–H groups in total. The number of nitrogens with zero attached hydrogens (tertiary/aromatic N) is 7. The fourth-order valence-electron chi connectivity index (χ4n) is 14.2. The number of carbonyl (C=O) groups is 1. The number of halogens is 1.